The molecule has 0 rings (SSSR count). The van der Waals surface area contributed by atoms with Gasteiger partial charge in [0.15, 0.2) is 0 Å². The van der Waals surface area contributed by atoms with Crippen LogP contribution in [0.25, 0.3) is 0 Å². The zero-order valence-corrected chi connectivity index (χ0v) is 15.2. The molecule has 0 aromatic heterocycles. The molecule has 0 bridgehead atoms. The summed E-state index contributed by atoms with van der Waals surface area (Å²) in [5, 5.41) is 9.14. The lowest BCUT2D eigenvalue weighted by molar-refractivity contribution is 0.223. The highest BCUT2D eigenvalue weighted by molar-refractivity contribution is 6.90. The molecule has 0 aromatic carbocycles. The standard InChI is InChI=1S/C17H34OSi/c1-13(2)19(14(3)4,15(5)6)10-9-16(7)11-17(8)12-18/h13-18H,11-12H2,1-8H3/t16-,17-/m1/s1. The molecule has 0 aromatic rings. The molecule has 0 saturated carbocycles. The molecular formula is C17H34OSi. The van der Waals surface area contributed by atoms with E-state index in [2.05, 4.69) is 66.9 Å². The van der Waals surface area contributed by atoms with Crippen LogP contribution in [0.15, 0.2) is 0 Å². The Morgan fingerprint density at radius 3 is 1.58 bits per heavy atom. The molecule has 0 aliphatic heterocycles. The molecule has 2 atom stereocenters. The average Bonchev–Trinajstić information content (AvgIpc) is 2.27. The van der Waals surface area contributed by atoms with Crippen LogP contribution >= 0.6 is 0 Å². The summed E-state index contributed by atoms with van der Waals surface area (Å²) in [6.07, 6.45) is 1.00. The number of aliphatic hydroxyl groups excluding tert-OH is 1. The van der Waals surface area contributed by atoms with Gasteiger partial charge in [0.25, 0.3) is 0 Å². The molecule has 19 heavy (non-hydrogen) atoms. The monoisotopic (exact) mass is 282 g/mol. The van der Waals surface area contributed by atoms with E-state index in [-0.39, 0.29) is 6.61 Å². The van der Waals surface area contributed by atoms with Crippen molar-refractivity contribution in [3.63, 3.8) is 0 Å². The van der Waals surface area contributed by atoms with Crippen LogP contribution in [0.4, 0.5) is 0 Å². The van der Waals surface area contributed by atoms with Gasteiger partial charge in [-0.25, -0.2) is 0 Å². The molecule has 0 radical (unpaired) electrons. The van der Waals surface area contributed by atoms with Crippen molar-refractivity contribution in [3.8, 4) is 11.5 Å². The van der Waals surface area contributed by atoms with Gasteiger partial charge in [0.05, 0.1) is 0 Å². The Morgan fingerprint density at radius 2 is 1.26 bits per heavy atom. The summed E-state index contributed by atoms with van der Waals surface area (Å²) in [7, 11) is -1.58. The van der Waals surface area contributed by atoms with Crippen LogP contribution in [-0.2, 0) is 0 Å². The molecule has 0 heterocycles. The SMILES string of the molecule is CC(C)[Si](C#C[C@@H](C)C[C@@H](C)CO)(C(C)C)C(C)C. The Bertz CT molecular complexity index is 287. The summed E-state index contributed by atoms with van der Waals surface area (Å²) in [5.41, 5.74) is 5.86. The molecule has 0 saturated heterocycles. The highest BCUT2D eigenvalue weighted by Crippen LogP contribution is 2.40. The van der Waals surface area contributed by atoms with Crippen molar-refractivity contribution in [1.29, 1.82) is 0 Å². The Balaban J connectivity index is 5.14. The summed E-state index contributed by atoms with van der Waals surface area (Å²) in [6.45, 7) is 18.7. The third-order valence-corrected chi connectivity index (χ3v) is 10.8. The molecule has 1 nitrogen and oxygen atoms in total. The Morgan fingerprint density at radius 1 is 0.842 bits per heavy atom. The molecule has 0 aliphatic carbocycles. The first-order valence-corrected chi connectivity index (χ1v) is 10.0. The first-order valence-electron chi connectivity index (χ1n) is 7.81. The second-order valence-electron chi connectivity index (χ2n) is 7.09. The topological polar surface area (TPSA) is 20.2 Å². The van der Waals surface area contributed by atoms with Crippen molar-refractivity contribution in [3.05, 3.63) is 0 Å². The normalized spacial score (nSPS) is 15.6. The lowest BCUT2D eigenvalue weighted by Crippen LogP contribution is -2.43. The highest BCUT2D eigenvalue weighted by Gasteiger charge is 2.41. The third kappa shape index (κ3) is 4.97. The van der Waals surface area contributed by atoms with Crippen molar-refractivity contribution < 1.29 is 5.11 Å². The van der Waals surface area contributed by atoms with Crippen LogP contribution < -0.4 is 0 Å². The molecule has 0 spiro atoms. The number of hydrogen-bond acceptors (Lipinski definition) is 1. The molecule has 112 valence electrons. The molecule has 0 amide bonds. The third-order valence-electron chi connectivity index (χ3n) is 4.47. The Hall–Kier alpha value is -0.263. The average molecular weight is 283 g/mol. The minimum atomic E-state index is -1.58. The van der Waals surface area contributed by atoms with Crippen molar-refractivity contribution in [2.75, 3.05) is 6.61 Å². The van der Waals surface area contributed by atoms with Crippen molar-refractivity contribution in [2.24, 2.45) is 11.8 Å². The molecule has 1 N–H and O–H groups in total. The van der Waals surface area contributed by atoms with Gasteiger partial charge >= 0.3 is 0 Å². The van der Waals surface area contributed by atoms with Gasteiger partial charge in [-0.2, -0.15) is 0 Å². The predicted octanol–water partition coefficient (Wildman–Crippen LogP) is 4.86. The van der Waals surface area contributed by atoms with Crippen LogP contribution in [0.5, 0.6) is 0 Å². The molecular weight excluding hydrogens is 248 g/mol. The number of aliphatic hydroxyl groups is 1. The van der Waals surface area contributed by atoms with E-state index >= 15 is 0 Å². The first kappa shape index (κ1) is 18.7. The van der Waals surface area contributed by atoms with Gasteiger partial charge < -0.3 is 5.11 Å². The highest BCUT2D eigenvalue weighted by atomic mass is 28.3. The fourth-order valence-corrected chi connectivity index (χ4v) is 8.78. The van der Waals surface area contributed by atoms with Crippen LogP contribution in [0.1, 0.15) is 61.8 Å². The van der Waals surface area contributed by atoms with E-state index in [0.29, 0.717) is 28.5 Å². The zero-order valence-electron chi connectivity index (χ0n) is 14.2. The summed E-state index contributed by atoms with van der Waals surface area (Å²) < 4.78 is 0. The van der Waals surface area contributed by atoms with E-state index in [1.807, 2.05) is 0 Å². The van der Waals surface area contributed by atoms with E-state index in [1.54, 1.807) is 0 Å². The van der Waals surface area contributed by atoms with E-state index < -0.39 is 8.07 Å². The van der Waals surface area contributed by atoms with E-state index in [4.69, 9.17) is 5.11 Å². The molecule has 0 fully saturated rings. The fourth-order valence-electron chi connectivity index (χ4n) is 3.42. The number of rotatable bonds is 6. The second kappa shape index (κ2) is 8.12. The van der Waals surface area contributed by atoms with Gasteiger partial charge in [-0.05, 0) is 29.0 Å². The Kier molecular flexibility index (Phi) is 8.01. The predicted molar refractivity (Wildman–Crippen MR) is 88.9 cm³/mol. The van der Waals surface area contributed by atoms with E-state index in [9.17, 15) is 0 Å². The van der Waals surface area contributed by atoms with Crippen LogP contribution in [0.3, 0.4) is 0 Å². The van der Waals surface area contributed by atoms with Crippen molar-refractivity contribution in [1.82, 2.24) is 0 Å². The fraction of sp³-hybridized carbons (Fsp3) is 0.882. The lowest BCUT2D eigenvalue weighted by Gasteiger charge is -2.38. The molecule has 0 aliphatic rings. The maximum atomic E-state index is 9.14. The second-order valence-corrected chi connectivity index (χ2v) is 12.7. The Labute approximate surface area is 122 Å². The van der Waals surface area contributed by atoms with Crippen LogP contribution in [0, 0.1) is 23.3 Å². The minimum Gasteiger partial charge on any atom is -0.396 e. The van der Waals surface area contributed by atoms with Gasteiger partial charge in [-0.15, -0.1) is 11.5 Å². The van der Waals surface area contributed by atoms with E-state index in [0.717, 1.165) is 6.42 Å². The summed E-state index contributed by atoms with van der Waals surface area (Å²) in [4.78, 5) is 0. The molecule has 2 heteroatoms. The quantitative estimate of drug-likeness (QED) is 0.545. The maximum Gasteiger partial charge on any atom is 0.145 e. The number of hydrogen-bond donors (Lipinski definition) is 1. The summed E-state index contributed by atoms with van der Waals surface area (Å²) >= 11 is 0. The minimum absolute atomic E-state index is 0.271. The smallest absolute Gasteiger partial charge is 0.145 e. The van der Waals surface area contributed by atoms with Crippen LogP contribution in [-0.4, -0.2) is 19.8 Å². The largest absolute Gasteiger partial charge is 0.396 e. The van der Waals surface area contributed by atoms with Crippen molar-refractivity contribution in [2.45, 2.75) is 78.4 Å². The first-order chi connectivity index (χ1) is 8.68. The van der Waals surface area contributed by atoms with E-state index in [1.165, 1.54) is 0 Å². The summed E-state index contributed by atoms with van der Waals surface area (Å²) in [5.74, 6) is 4.29. The van der Waals surface area contributed by atoms with Gasteiger partial charge in [0.1, 0.15) is 8.07 Å². The van der Waals surface area contributed by atoms with Crippen molar-refractivity contribution >= 4 is 8.07 Å². The summed E-state index contributed by atoms with van der Waals surface area (Å²) in [6, 6.07) is 0. The van der Waals surface area contributed by atoms with Gasteiger partial charge in [-0.1, -0.05) is 55.4 Å². The zero-order chi connectivity index (χ0) is 15.2. The van der Waals surface area contributed by atoms with Gasteiger partial charge in [-0.3, -0.25) is 0 Å². The molecule has 0 unspecified atom stereocenters. The maximum absolute atomic E-state index is 9.14. The van der Waals surface area contributed by atoms with Gasteiger partial charge in [0, 0.05) is 12.5 Å². The van der Waals surface area contributed by atoms with Crippen LogP contribution in [0.2, 0.25) is 16.6 Å². The lowest BCUT2D eigenvalue weighted by atomic mass is 9.99. The van der Waals surface area contributed by atoms with Gasteiger partial charge in [0.2, 0.25) is 0 Å².